The van der Waals surface area contributed by atoms with E-state index in [2.05, 4.69) is 0 Å². The lowest BCUT2D eigenvalue weighted by atomic mass is 9.76. The molecular weight excluding hydrogens is 296 g/mol. The van der Waals surface area contributed by atoms with E-state index in [0.29, 0.717) is 0 Å². The summed E-state index contributed by atoms with van der Waals surface area (Å²) in [6, 6.07) is 0. The molecule has 0 fully saturated rings. The maximum Gasteiger partial charge on any atom is 0.359 e. The van der Waals surface area contributed by atoms with Crippen molar-refractivity contribution in [3.05, 3.63) is 0 Å². The molecule has 0 aliphatic carbocycles. The SMILES string of the molecule is CC(C)(C)C(=O)O[C@](C(=O)O)(C(=O)C(C)(C)C)C(O)C(=O)O. The first-order chi connectivity index (χ1) is 9.58. The van der Waals surface area contributed by atoms with Crippen LogP contribution in [0, 0.1) is 10.8 Å². The molecule has 0 rings (SSSR count). The predicted octanol–water partition coefficient (Wildman–Crippen LogP) is 0.460. The fourth-order valence-corrected chi connectivity index (χ4v) is 1.51. The molecule has 22 heavy (non-hydrogen) atoms. The third-order valence-corrected chi connectivity index (χ3v) is 2.82. The van der Waals surface area contributed by atoms with Crippen LogP contribution in [0.4, 0.5) is 0 Å². The minimum absolute atomic E-state index is 1.12. The molecule has 0 aromatic carbocycles. The van der Waals surface area contributed by atoms with E-state index in [0.717, 1.165) is 0 Å². The Bertz CT molecular complexity index is 494. The van der Waals surface area contributed by atoms with Crippen LogP contribution in [0.3, 0.4) is 0 Å². The van der Waals surface area contributed by atoms with Gasteiger partial charge in [-0.1, -0.05) is 20.8 Å². The maximum atomic E-state index is 12.5. The first-order valence-corrected chi connectivity index (χ1v) is 6.51. The van der Waals surface area contributed by atoms with Gasteiger partial charge in [0.05, 0.1) is 5.41 Å². The number of rotatable bonds is 5. The number of aliphatic carboxylic acids is 2. The number of aliphatic hydroxyl groups excluding tert-OH is 1. The van der Waals surface area contributed by atoms with Crippen LogP contribution in [0.5, 0.6) is 0 Å². The highest BCUT2D eigenvalue weighted by atomic mass is 16.6. The van der Waals surface area contributed by atoms with E-state index in [1.807, 2.05) is 0 Å². The molecule has 0 spiro atoms. The summed E-state index contributed by atoms with van der Waals surface area (Å²) in [7, 11) is 0. The first kappa shape index (κ1) is 20.0. The monoisotopic (exact) mass is 318 g/mol. The van der Waals surface area contributed by atoms with Crippen LogP contribution < -0.4 is 0 Å². The van der Waals surface area contributed by atoms with Gasteiger partial charge in [0.25, 0.3) is 0 Å². The van der Waals surface area contributed by atoms with Gasteiger partial charge in [0.2, 0.25) is 6.10 Å². The Kier molecular flexibility index (Phi) is 5.50. The lowest BCUT2D eigenvalue weighted by Gasteiger charge is -2.36. The summed E-state index contributed by atoms with van der Waals surface area (Å²) >= 11 is 0. The summed E-state index contributed by atoms with van der Waals surface area (Å²) in [5.74, 6) is -6.37. The van der Waals surface area contributed by atoms with E-state index >= 15 is 0 Å². The number of carbonyl (C=O) groups excluding carboxylic acids is 2. The molecule has 8 heteroatoms. The molecule has 0 saturated heterocycles. The summed E-state index contributed by atoms with van der Waals surface area (Å²) in [5.41, 5.74) is -5.78. The minimum atomic E-state index is -3.21. The zero-order chi connectivity index (χ0) is 18.1. The first-order valence-electron chi connectivity index (χ1n) is 6.51. The predicted molar refractivity (Wildman–Crippen MR) is 74.0 cm³/mol. The average molecular weight is 318 g/mol. The normalized spacial score (nSPS) is 16.3. The van der Waals surface area contributed by atoms with Gasteiger partial charge in [-0.2, -0.15) is 0 Å². The van der Waals surface area contributed by atoms with Gasteiger partial charge in [0.15, 0.2) is 5.78 Å². The van der Waals surface area contributed by atoms with Crippen molar-refractivity contribution in [2.75, 3.05) is 0 Å². The molecule has 2 atom stereocenters. The Morgan fingerprint density at radius 1 is 0.864 bits per heavy atom. The molecule has 126 valence electrons. The number of hydrogen-bond donors (Lipinski definition) is 3. The van der Waals surface area contributed by atoms with Crippen molar-refractivity contribution in [2.45, 2.75) is 53.2 Å². The summed E-state index contributed by atoms with van der Waals surface area (Å²) in [4.78, 5) is 47.1. The standard InChI is InChI=1S/C14H22O8/c1-12(2,3)9(18)14(10(19)20,7(15)8(16)17)22-11(21)13(4,5)6/h7,15H,1-6H3,(H,16,17)(H,19,20)/t7?,14-/m0/s1. The van der Waals surface area contributed by atoms with Crippen LogP contribution in [-0.4, -0.2) is 50.7 Å². The number of ether oxygens (including phenoxy) is 1. The van der Waals surface area contributed by atoms with Gasteiger partial charge < -0.3 is 20.1 Å². The lowest BCUT2D eigenvalue weighted by Crippen LogP contribution is -2.64. The molecule has 0 amide bonds. The van der Waals surface area contributed by atoms with Crippen molar-refractivity contribution >= 4 is 23.7 Å². The lowest BCUT2D eigenvalue weighted by molar-refractivity contribution is -0.206. The van der Waals surface area contributed by atoms with Gasteiger partial charge >= 0.3 is 23.5 Å². The van der Waals surface area contributed by atoms with Crippen molar-refractivity contribution in [3.63, 3.8) is 0 Å². The molecule has 3 N–H and O–H groups in total. The van der Waals surface area contributed by atoms with Gasteiger partial charge in [-0.05, 0) is 20.8 Å². The topological polar surface area (TPSA) is 138 Å². The summed E-state index contributed by atoms with van der Waals surface area (Å²) in [5, 5.41) is 28.1. The Morgan fingerprint density at radius 3 is 1.50 bits per heavy atom. The van der Waals surface area contributed by atoms with Crippen LogP contribution in [-0.2, 0) is 23.9 Å². The Hall–Kier alpha value is -1.96. The van der Waals surface area contributed by atoms with Crippen LogP contribution in [0.1, 0.15) is 41.5 Å². The maximum absolute atomic E-state index is 12.5. The van der Waals surface area contributed by atoms with Crippen LogP contribution in [0.25, 0.3) is 0 Å². The summed E-state index contributed by atoms with van der Waals surface area (Å²) in [6.45, 7) is 8.18. The number of carboxylic acids is 2. The smallest absolute Gasteiger partial charge is 0.359 e. The molecule has 8 nitrogen and oxygen atoms in total. The average Bonchev–Trinajstić information content (AvgIpc) is 2.30. The van der Waals surface area contributed by atoms with Crippen LogP contribution >= 0.6 is 0 Å². The van der Waals surface area contributed by atoms with Crippen molar-refractivity contribution in [1.29, 1.82) is 0 Å². The molecule has 0 aliphatic heterocycles. The van der Waals surface area contributed by atoms with Gasteiger partial charge in [0.1, 0.15) is 0 Å². The van der Waals surface area contributed by atoms with E-state index in [9.17, 15) is 29.4 Å². The largest absolute Gasteiger partial charge is 0.479 e. The highest BCUT2D eigenvalue weighted by Crippen LogP contribution is 2.32. The quantitative estimate of drug-likeness (QED) is 0.491. The highest BCUT2D eigenvalue weighted by Gasteiger charge is 2.62. The number of carboxylic acid groups (broad SMARTS) is 2. The molecule has 0 radical (unpaired) electrons. The van der Waals surface area contributed by atoms with Gasteiger partial charge in [-0.3, -0.25) is 9.59 Å². The Balaban J connectivity index is 6.26. The van der Waals surface area contributed by atoms with Gasteiger partial charge in [0, 0.05) is 5.41 Å². The third-order valence-electron chi connectivity index (χ3n) is 2.82. The summed E-state index contributed by atoms with van der Waals surface area (Å²) < 4.78 is 4.76. The van der Waals surface area contributed by atoms with E-state index in [-0.39, 0.29) is 0 Å². The number of hydrogen-bond acceptors (Lipinski definition) is 6. The highest BCUT2D eigenvalue weighted by molar-refractivity contribution is 6.13. The number of esters is 1. The Morgan fingerprint density at radius 2 is 1.27 bits per heavy atom. The number of carbonyl (C=O) groups is 4. The molecule has 0 heterocycles. The molecule has 0 aromatic rings. The molecular formula is C14H22O8. The molecule has 0 saturated carbocycles. The number of Topliss-reactive ketones (excluding diaryl/α,β-unsaturated/α-hetero) is 1. The van der Waals surface area contributed by atoms with Gasteiger partial charge in [-0.25, -0.2) is 9.59 Å². The third kappa shape index (κ3) is 3.82. The zero-order valence-corrected chi connectivity index (χ0v) is 13.5. The number of aliphatic hydroxyl groups is 1. The second kappa shape index (κ2) is 6.04. The fraction of sp³-hybridized carbons (Fsp3) is 0.714. The van der Waals surface area contributed by atoms with Crippen LogP contribution in [0.2, 0.25) is 0 Å². The van der Waals surface area contributed by atoms with E-state index in [1.54, 1.807) is 0 Å². The second-order valence-corrected chi connectivity index (χ2v) is 7.00. The molecule has 0 aliphatic rings. The zero-order valence-electron chi connectivity index (χ0n) is 13.5. The van der Waals surface area contributed by atoms with E-state index in [1.165, 1.54) is 41.5 Å². The van der Waals surface area contributed by atoms with Crippen molar-refractivity contribution < 1.29 is 39.2 Å². The fourth-order valence-electron chi connectivity index (χ4n) is 1.51. The van der Waals surface area contributed by atoms with E-state index < -0.39 is 46.2 Å². The van der Waals surface area contributed by atoms with Crippen molar-refractivity contribution in [3.8, 4) is 0 Å². The molecule has 0 bridgehead atoms. The van der Waals surface area contributed by atoms with E-state index in [4.69, 9.17) is 9.84 Å². The number of ketones is 1. The Labute approximate surface area is 128 Å². The van der Waals surface area contributed by atoms with Gasteiger partial charge in [-0.15, -0.1) is 0 Å². The van der Waals surface area contributed by atoms with Crippen molar-refractivity contribution in [1.82, 2.24) is 0 Å². The van der Waals surface area contributed by atoms with Crippen LogP contribution in [0.15, 0.2) is 0 Å². The van der Waals surface area contributed by atoms with Crippen molar-refractivity contribution in [2.24, 2.45) is 10.8 Å². The summed E-state index contributed by atoms with van der Waals surface area (Å²) in [6.07, 6.45) is -2.73. The molecule has 0 aromatic heterocycles. The second-order valence-electron chi connectivity index (χ2n) is 7.00. The minimum Gasteiger partial charge on any atom is -0.479 e. The molecule has 1 unspecified atom stereocenters.